The van der Waals surface area contributed by atoms with Crippen LogP contribution in [-0.2, 0) is 0 Å². The highest BCUT2D eigenvalue weighted by Gasteiger charge is 2.09. The molecule has 0 radical (unpaired) electrons. The molecule has 0 aliphatic heterocycles. The molecule has 0 spiro atoms. The highest BCUT2D eigenvalue weighted by atomic mass is 32.2. The molecular formula is C9H10F2S. The van der Waals surface area contributed by atoms with Gasteiger partial charge in [0.2, 0.25) is 0 Å². The Morgan fingerprint density at radius 2 is 2.00 bits per heavy atom. The Hall–Kier alpha value is -0.570. The lowest BCUT2D eigenvalue weighted by Crippen LogP contribution is -1.93. The smallest absolute Gasteiger partial charge is 0.130 e. The summed E-state index contributed by atoms with van der Waals surface area (Å²) >= 11 is 1.54. The van der Waals surface area contributed by atoms with E-state index in [1.54, 1.807) is 0 Å². The fraction of sp³-hybridized carbons (Fsp3) is 0.333. The van der Waals surface area contributed by atoms with Crippen LogP contribution in [0, 0.1) is 11.6 Å². The van der Waals surface area contributed by atoms with E-state index in [0.29, 0.717) is 5.56 Å². The first-order valence-electron chi connectivity index (χ1n) is 3.63. The van der Waals surface area contributed by atoms with E-state index in [1.165, 1.54) is 23.9 Å². The lowest BCUT2D eigenvalue weighted by atomic mass is 10.1. The van der Waals surface area contributed by atoms with Gasteiger partial charge in [-0.25, -0.2) is 8.78 Å². The Kier molecular flexibility index (Phi) is 3.09. The highest BCUT2D eigenvalue weighted by Crippen LogP contribution is 2.27. The van der Waals surface area contributed by atoms with E-state index in [4.69, 9.17) is 0 Å². The van der Waals surface area contributed by atoms with Gasteiger partial charge in [-0.1, -0.05) is 6.07 Å². The maximum atomic E-state index is 13.0. The standard InChI is InChI=1S/C9H10F2S/c1-6(12-2)8-4-3-7(10)5-9(8)11/h3-6H,1-2H3. The van der Waals surface area contributed by atoms with Crippen LogP contribution < -0.4 is 0 Å². The second-order valence-electron chi connectivity index (χ2n) is 2.54. The zero-order valence-corrected chi connectivity index (χ0v) is 7.79. The number of hydrogen-bond acceptors (Lipinski definition) is 1. The van der Waals surface area contributed by atoms with Gasteiger partial charge >= 0.3 is 0 Å². The second-order valence-corrected chi connectivity index (χ2v) is 3.72. The van der Waals surface area contributed by atoms with Crippen molar-refractivity contribution >= 4 is 11.8 Å². The molecule has 3 heteroatoms. The number of thioether (sulfide) groups is 1. The Balaban J connectivity index is 3.01. The Morgan fingerprint density at radius 1 is 1.33 bits per heavy atom. The SMILES string of the molecule is CSC(C)c1ccc(F)cc1F. The first-order chi connectivity index (χ1) is 5.65. The summed E-state index contributed by atoms with van der Waals surface area (Å²) in [7, 11) is 0. The van der Waals surface area contributed by atoms with Crippen molar-refractivity contribution in [2.75, 3.05) is 6.26 Å². The van der Waals surface area contributed by atoms with E-state index in [2.05, 4.69) is 0 Å². The fourth-order valence-corrected chi connectivity index (χ4v) is 1.40. The molecule has 66 valence electrons. The molecule has 1 aromatic carbocycles. The first-order valence-corrected chi connectivity index (χ1v) is 4.91. The van der Waals surface area contributed by atoms with Crippen LogP contribution in [0.5, 0.6) is 0 Å². The molecular weight excluding hydrogens is 178 g/mol. The first kappa shape index (κ1) is 9.52. The van der Waals surface area contributed by atoms with Crippen molar-refractivity contribution in [3.05, 3.63) is 35.4 Å². The summed E-state index contributed by atoms with van der Waals surface area (Å²) in [6.07, 6.45) is 1.90. The molecule has 0 amide bonds. The van der Waals surface area contributed by atoms with Gasteiger partial charge in [0.05, 0.1) is 0 Å². The second kappa shape index (κ2) is 3.90. The third-order valence-electron chi connectivity index (χ3n) is 1.75. The van der Waals surface area contributed by atoms with Crippen molar-refractivity contribution in [1.82, 2.24) is 0 Å². The quantitative estimate of drug-likeness (QED) is 0.685. The van der Waals surface area contributed by atoms with Crippen LogP contribution >= 0.6 is 11.8 Å². The monoisotopic (exact) mass is 188 g/mol. The number of rotatable bonds is 2. The van der Waals surface area contributed by atoms with Crippen molar-refractivity contribution in [1.29, 1.82) is 0 Å². The molecule has 0 saturated carbocycles. The maximum Gasteiger partial charge on any atom is 0.130 e. The molecule has 0 fully saturated rings. The number of hydrogen-bond donors (Lipinski definition) is 0. The third-order valence-corrected chi connectivity index (χ3v) is 2.72. The van der Waals surface area contributed by atoms with Crippen molar-refractivity contribution in [3.63, 3.8) is 0 Å². The summed E-state index contributed by atoms with van der Waals surface area (Å²) in [5.41, 5.74) is 0.559. The molecule has 0 aliphatic rings. The normalized spacial score (nSPS) is 13.0. The minimum atomic E-state index is -0.524. The summed E-state index contributed by atoms with van der Waals surface area (Å²) in [6, 6.07) is 3.69. The topological polar surface area (TPSA) is 0 Å². The molecule has 0 heterocycles. The van der Waals surface area contributed by atoms with Crippen molar-refractivity contribution < 1.29 is 8.78 Å². The van der Waals surface area contributed by atoms with Crippen LogP contribution in [0.4, 0.5) is 8.78 Å². The zero-order chi connectivity index (χ0) is 9.14. The average Bonchev–Trinajstić information content (AvgIpc) is 2.03. The fourth-order valence-electron chi connectivity index (χ4n) is 0.958. The number of halogens is 2. The minimum Gasteiger partial charge on any atom is -0.207 e. The van der Waals surface area contributed by atoms with Crippen molar-refractivity contribution in [3.8, 4) is 0 Å². The van der Waals surface area contributed by atoms with E-state index in [1.807, 2.05) is 13.2 Å². The van der Waals surface area contributed by atoms with Gasteiger partial charge in [-0.05, 0) is 19.2 Å². The molecule has 0 saturated heterocycles. The molecule has 1 unspecified atom stereocenters. The van der Waals surface area contributed by atoms with Gasteiger partial charge in [-0.3, -0.25) is 0 Å². The molecule has 1 atom stereocenters. The molecule has 1 rings (SSSR count). The van der Waals surface area contributed by atoms with Crippen LogP contribution in [0.3, 0.4) is 0 Å². The largest absolute Gasteiger partial charge is 0.207 e. The molecule has 12 heavy (non-hydrogen) atoms. The van der Waals surface area contributed by atoms with Gasteiger partial charge in [0.1, 0.15) is 11.6 Å². The van der Waals surface area contributed by atoms with Crippen molar-refractivity contribution in [2.24, 2.45) is 0 Å². The van der Waals surface area contributed by atoms with Crippen LogP contribution in [0.15, 0.2) is 18.2 Å². The number of benzene rings is 1. The van der Waals surface area contributed by atoms with Gasteiger partial charge in [0.25, 0.3) is 0 Å². The van der Waals surface area contributed by atoms with Crippen LogP contribution in [0.1, 0.15) is 17.7 Å². The maximum absolute atomic E-state index is 13.0. The van der Waals surface area contributed by atoms with Crippen LogP contribution in [0.25, 0.3) is 0 Å². The molecule has 0 nitrogen and oxygen atoms in total. The highest BCUT2D eigenvalue weighted by molar-refractivity contribution is 7.98. The van der Waals surface area contributed by atoms with Gasteiger partial charge < -0.3 is 0 Å². The van der Waals surface area contributed by atoms with Gasteiger partial charge in [0, 0.05) is 16.9 Å². The van der Waals surface area contributed by atoms with Gasteiger partial charge in [-0.2, -0.15) is 11.8 Å². The van der Waals surface area contributed by atoms with E-state index in [-0.39, 0.29) is 5.25 Å². The summed E-state index contributed by atoms with van der Waals surface area (Å²) in [5.74, 6) is -0.985. The van der Waals surface area contributed by atoms with E-state index in [9.17, 15) is 8.78 Å². The molecule has 0 aliphatic carbocycles. The van der Waals surface area contributed by atoms with Crippen LogP contribution in [-0.4, -0.2) is 6.26 Å². The molecule has 0 aromatic heterocycles. The molecule has 1 aromatic rings. The minimum absolute atomic E-state index is 0.0746. The van der Waals surface area contributed by atoms with E-state index in [0.717, 1.165) is 6.07 Å². The summed E-state index contributed by atoms with van der Waals surface area (Å²) in [6.45, 7) is 1.89. The average molecular weight is 188 g/mol. The molecule has 0 N–H and O–H groups in total. The summed E-state index contributed by atoms with van der Waals surface area (Å²) < 4.78 is 25.5. The summed E-state index contributed by atoms with van der Waals surface area (Å²) in [4.78, 5) is 0. The zero-order valence-electron chi connectivity index (χ0n) is 6.97. The Morgan fingerprint density at radius 3 is 2.50 bits per heavy atom. The Bertz CT molecular complexity index is 273. The van der Waals surface area contributed by atoms with Crippen molar-refractivity contribution in [2.45, 2.75) is 12.2 Å². The lowest BCUT2D eigenvalue weighted by Gasteiger charge is -2.08. The van der Waals surface area contributed by atoms with Gasteiger partial charge in [0.15, 0.2) is 0 Å². The van der Waals surface area contributed by atoms with E-state index >= 15 is 0 Å². The van der Waals surface area contributed by atoms with Crippen LogP contribution in [0.2, 0.25) is 0 Å². The predicted molar refractivity (Wildman–Crippen MR) is 48.3 cm³/mol. The third kappa shape index (κ3) is 1.97. The molecule has 0 bridgehead atoms. The van der Waals surface area contributed by atoms with E-state index < -0.39 is 11.6 Å². The predicted octanol–water partition coefficient (Wildman–Crippen LogP) is 3.39. The summed E-state index contributed by atoms with van der Waals surface area (Å²) in [5, 5.41) is 0.0746. The van der Waals surface area contributed by atoms with Gasteiger partial charge in [-0.15, -0.1) is 0 Å². The lowest BCUT2D eigenvalue weighted by molar-refractivity contribution is 0.573. The Labute approximate surface area is 75.0 Å².